The van der Waals surface area contributed by atoms with Crippen LogP contribution in [0.5, 0.6) is 11.5 Å². The van der Waals surface area contributed by atoms with Gasteiger partial charge in [0.05, 0.1) is 19.3 Å². The summed E-state index contributed by atoms with van der Waals surface area (Å²) in [6, 6.07) is 15.7. The molecule has 0 atom stereocenters. The SMILES string of the molecule is COc1ccccc1OCCN(C)C(=O)c1nn(-c2ccccc2C)c2c1CCC2. The second-order valence-electron chi connectivity index (χ2n) is 7.55. The lowest BCUT2D eigenvalue weighted by molar-refractivity contribution is 0.0766. The van der Waals surface area contributed by atoms with Gasteiger partial charge in [0, 0.05) is 18.3 Å². The van der Waals surface area contributed by atoms with E-state index in [0.717, 1.165) is 41.8 Å². The number of hydrogen-bond donors (Lipinski definition) is 0. The minimum Gasteiger partial charge on any atom is -0.493 e. The average Bonchev–Trinajstić information content (AvgIpc) is 3.37. The van der Waals surface area contributed by atoms with Crippen LogP contribution >= 0.6 is 0 Å². The molecule has 1 aliphatic rings. The number of aryl methyl sites for hydroxylation is 1. The van der Waals surface area contributed by atoms with E-state index in [9.17, 15) is 4.79 Å². The molecule has 0 aliphatic heterocycles. The standard InChI is InChI=1S/C24H27N3O3/c1-17-9-4-5-11-19(17)27-20-12-8-10-18(20)23(25-27)24(28)26(2)15-16-30-22-14-7-6-13-21(22)29-3/h4-7,9,11,13-14H,8,10,12,15-16H2,1-3H3. The predicted molar refractivity (Wildman–Crippen MR) is 116 cm³/mol. The highest BCUT2D eigenvalue weighted by atomic mass is 16.5. The largest absolute Gasteiger partial charge is 0.493 e. The fourth-order valence-electron chi connectivity index (χ4n) is 3.92. The highest BCUT2D eigenvalue weighted by Gasteiger charge is 2.28. The Labute approximate surface area is 177 Å². The van der Waals surface area contributed by atoms with Crippen molar-refractivity contribution in [2.45, 2.75) is 26.2 Å². The molecule has 6 nitrogen and oxygen atoms in total. The lowest BCUT2D eigenvalue weighted by atomic mass is 10.1. The number of carbonyl (C=O) groups excluding carboxylic acids is 1. The Hall–Kier alpha value is -3.28. The first-order chi connectivity index (χ1) is 14.6. The summed E-state index contributed by atoms with van der Waals surface area (Å²) in [7, 11) is 3.41. The molecule has 156 valence electrons. The summed E-state index contributed by atoms with van der Waals surface area (Å²) in [5.74, 6) is 1.29. The number of para-hydroxylation sites is 3. The maximum absolute atomic E-state index is 13.2. The summed E-state index contributed by atoms with van der Waals surface area (Å²) >= 11 is 0. The average molecular weight is 405 g/mol. The number of ether oxygens (including phenoxy) is 2. The fraction of sp³-hybridized carbons (Fsp3) is 0.333. The first-order valence-corrected chi connectivity index (χ1v) is 10.3. The third kappa shape index (κ3) is 3.77. The number of aromatic nitrogens is 2. The molecule has 6 heteroatoms. The lowest BCUT2D eigenvalue weighted by Crippen LogP contribution is -2.31. The Kier molecular flexibility index (Phi) is 5.74. The highest BCUT2D eigenvalue weighted by molar-refractivity contribution is 5.94. The summed E-state index contributed by atoms with van der Waals surface area (Å²) in [4.78, 5) is 14.8. The van der Waals surface area contributed by atoms with Crippen molar-refractivity contribution in [1.82, 2.24) is 14.7 Å². The fourth-order valence-corrected chi connectivity index (χ4v) is 3.92. The molecule has 4 rings (SSSR count). The second kappa shape index (κ2) is 8.61. The first-order valence-electron chi connectivity index (χ1n) is 10.3. The minimum absolute atomic E-state index is 0.0656. The van der Waals surface area contributed by atoms with E-state index in [-0.39, 0.29) is 5.91 Å². The Bertz CT molecular complexity index is 1060. The summed E-state index contributed by atoms with van der Waals surface area (Å²) in [6.07, 6.45) is 2.90. The van der Waals surface area contributed by atoms with Crippen molar-refractivity contribution in [3.05, 3.63) is 71.0 Å². The van der Waals surface area contributed by atoms with Crippen LogP contribution in [0.3, 0.4) is 0 Å². The molecule has 1 aliphatic carbocycles. The highest BCUT2D eigenvalue weighted by Crippen LogP contribution is 2.29. The summed E-state index contributed by atoms with van der Waals surface area (Å²) in [5.41, 5.74) is 4.99. The van der Waals surface area contributed by atoms with E-state index in [1.165, 1.54) is 0 Å². The Morgan fingerprint density at radius 3 is 2.60 bits per heavy atom. The molecule has 1 amide bonds. The lowest BCUT2D eigenvalue weighted by Gasteiger charge is -2.17. The van der Waals surface area contributed by atoms with Gasteiger partial charge in [-0.3, -0.25) is 4.79 Å². The number of amides is 1. The molecule has 0 bridgehead atoms. The van der Waals surface area contributed by atoms with E-state index in [0.29, 0.717) is 30.3 Å². The van der Waals surface area contributed by atoms with Crippen molar-refractivity contribution in [3.63, 3.8) is 0 Å². The predicted octanol–water partition coefficient (Wildman–Crippen LogP) is 3.83. The van der Waals surface area contributed by atoms with Crippen LogP contribution in [-0.2, 0) is 12.8 Å². The van der Waals surface area contributed by atoms with Gasteiger partial charge in [-0.2, -0.15) is 5.10 Å². The zero-order chi connectivity index (χ0) is 21.1. The van der Waals surface area contributed by atoms with Gasteiger partial charge in [-0.1, -0.05) is 30.3 Å². The topological polar surface area (TPSA) is 56.6 Å². The summed E-state index contributed by atoms with van der Waals surface area (Å²) in [6.45, 7) is 2.91. The molecule has 3 aromatic rings. The number of likely N-dealkylation sites (N-methyl/N-ethyl adjacent to an activating group) is 1. The summed E-state index contributed by atoms with van der Waals surface area (Å²) in [5, 5.41) is 4.74. The van der Waals surface area contributed by atoms with Gasteiger partial charge in [0.1, 0.15) is 6.61 Å². The van der Waals surface area contributed by atoms with Crippen molar-refractivity contribution in [2.75, 3.05) is 27.3 Å². The Morgan fingerprint density at radius 1 is 1.10 bits per heavy atom. The van der Waals surface area contributed by atoms with Crippen LogP contribution in [0.25, 0.3) is 5.69 Å². The number of benzene rings is 2. The Morgan fingerprint density at radius 2 is 1.83 bits per heavy atom. The quantitative estimate of drug-likeness (QED) is 0.600. The van der Waals surface area contributed by atoms with Crippen molar-refractivity contribution in [2.24, 2.45) is 0 Å². The van der Waals surface area contributed by atoms with E-state index in [1.54, 1.807) is 19.1 Å². The molecule has 2 aromatic carbocycles. The molecule has 0 saturated carbocycles. The van der Waals surface area contributed by atoms with Gasteiger partial charge in [0.2, 0.25) is 0 Å². The first kappa shape index (κ1) is 20.0. The third-order valence-corrected chi connectivity index (χ3v) is 5.58. The number of rotatable bonds is 7. The van der Waals surface area contributed by atoms with Gasteiger partial charge in [-0.15, -0.1) is 0 Å². The maximum Gasteiger partial charge on any atom is 0.274 e. The molecule has 0 fully saturated rings. The molecular formula is C24H27N3O3. The van der Waals surface area contributed by atoms with Crippen LogP contribution in [0.2, 0.25) is 0 Å². The number of hydrogen-bond acceptors (Lipinski definition) is 4. The summed E-state index contributed by atoms with van der Waals surface area (Å²) < 4.78 is 13.1. The van der Waals surface area contributed by atoms with Crippen LogP contribution in [0, 0.1) is 6.92 Å². The molecule has 0 saturated heterocycles. The molecule has 0 radical (unpaired) electrons. The van der Waals surface area contributed by atoms with Crippen molar-refractivity contribution in [3.8, 4) is 17.2 Å². The van der Waals surface area contributed by atoms with Crippen LogP contribution in [0.1, 0.15) is 33.7 Å². The minimum atomic E-state index is -0.0656. The van der Waals surface area contributed by atoms with Gasteiger partial charge in [-0.05, 0) is 49.9 Å². The zero-order valence-corrected chi connectivity index (χ0v) is 17.7. The van der Waals surface area contributed by atoms with Gasteiger partial charge in [0.15, 0.2) is 17.2 Å². The van der Waals surface area contributed by atoms with Crippen molar-refractivity contribution < 1.29 is 14.3 Å². The molecule has 0 N–H and O–H groups in total. The van der Waals surface area contributed by atoms with Crippen molar-refractivity contribution in [1.29, 1.82) is 0 Å². The van der Waals surface area contributed by atoms with E-state index in [1.807, 2.05) is 41.1 Å². The zero-order valence-electron chi connectivity index (χ0n) is 17.7. The van der Waals surface area contributed by atoms with Crippen LogP contribution in [0.4, 0.5) is 0 Å². The second-order valence-corrected chi connectivity index (χ2v) is 7.55. The number of carbonyl (C=O) groups is 1. The van der Waals surface area contributed by atoms with Crippen LogP contribution in [0.15, 0.2) is 48.5 Å². The van der Waals surface area contributed by atoms with E-state index in [2.05, 4.69) is 19.1 Å². The van der Waals surface area contributed by atoms with E-state index in [4.69, 9.17) is 14.6 Å². The number of nitrogens with zero attached hydrogens (tertiary/aromatic N) is 3. The normalized spacial score (nSPS) is 12.5. The Balaban J connectivity index is 1.49. The molecular weight excluding hydrogens is 378 g/mol. The van der Waals surface area contributed by atoms with E-state index < -0.39 is 0 Å². The molecule has 1 heterocycles. The number of methoxy groups -OCH3 is 1. The van der Waals surface area contributed by atoms with E-state index >= 15 is 0 Å². The molecule has 0 unspecified atom stereocenters. The van der Waals surface area contributed by atoms with Gasteiger partial charge in [-0.25, -0.2) is 4.68 Å². The molecule has 0 spiro atoms. The molecule has 30 heavy (non-hydrogen) atoms. The van der Waals surface area contributed by atoms with Crippen molar-refractivity contribution >= 4 is 5.91 Å². The number of fused-ring (bicyclic) bond motifs is 1. The third-order valence-electron chi connectivity index (χ3n) is 5.58. The smallest absolute Gasteiger partial charge is 0.274 e. The monoisotopic (exact) mass is 405 g/mol. The van der Waals surface area contributed by atoms with Crippen LogP contribution in [-0.4, -0.2) is 47.9 Å². The van der Waals surface area contributed by atoms with Crippen LogP contribution < -0.4 is 9.47 Å². The maximum atomic E-state index is 13.2. The molecule has 1 aromatic heterocycles. The van der Waals surface area contributed by atoms with Gasteiger partial charge >= 0.3 is 0 Å². The van der Waals surface area contributed by atoms with Gasteiger partial charge < -0.3 is 14.4 Å². The van der Waals surface area contributed by atoms with Gasteiger partial charge in [0.25, 0.3) is 5.91 Å².